The molecule has 4 aliphatic carbocycles. The van der Waals surface area contributed by atoms with Gasteiger partial charge in [-0.1, -0.05) is 31.1 Å². The summed E-state index contributed by atoms with van der Waals surface area (Å²) in [4.78, 5) is 24.4. The molecule has 3 N–H and O–H groups in total. The monoisotopic (exact) mass is 372 g/mol. The van der Waals surface area contributed by atoms with Crippen LogP contribution in [0, 0.1) is 22.7 Å². The first-order valence-corrected chi connectivity index (χ1v) is 9.82. The molecule has 0 aromatic rings. The van der Waals surface area contributed by atoms with Gasteiger partial charge in [0.15, 0.2) is 11.6 Å². The number of fused-ring (bicyclic) bond motifs is 4. The number of aliphatic hydroxyl groups excluding tert-OH is 2. The molecular formula is C22H28O5. The molecular weight excluding hydrogens is 344 g/mol. The SMILES string of the molecule is C[C@H]1CC2C3=C([C@@H](O)C[C@]2(C)[C@@]1(O)C(=O)CO)[C@@]1(C)C=CC(=O)C=C1CC3. The fraction of sp³-hybridized carbons (Fsp3) is 0.636. The van der Waals surface area contributed by atoms with Gasteiger partial charge in [-0.05, 0) is 62.2 Å². The van der Waals surface area contributed by atoms with Crippen molar-refractivity contribution >= 4 is 11.6 Å². The van der Waals surface area contributed by atoms with Crippen molar-refractivity contribution in [1.82, 2.24) is 0 Å². The number of hydrogen-bond acceptors (Lipinski definition) is 5. The van der Waals surface area contributed by atoms with Gasteiger partial charge in [-0.25, -0.2) is 0 Å². The highest BCUT2D eigenvalue weighted by atomic mass is 16.3. The summed E-state index contributed by atoms with van der Waals surface area (Å²) in [6.07, 6.45) is 6.76. The molecule has 5 nitrogen and oxygen atoms in total. The van der Waals surface area contributed by atoms with Gasteiger partial charge in [0, 0.05) is 10.8 Å². The predicted molar refractivity (Wildman–Crippen MR) is 99.6 cm³/mol. The lowest BCUT2D eigenvalue weighted by molar-refractivity contribution is -0.163. The molecule has 1 unspecified atom stereocenters. The fourth-order valence-corrected chi connectivity index (χ4v) is 6.63. The van der Waals surface area contributed by atoms with E-state index in [2.05, 4.69) is 0 Å². The highest BCUT2D eigenvalue weighted by molar-refractivity contribution is 6.01. The molecule has 0 heterocycles. The van der Waals surface area contributed by atoms with E-state index in [1.54, 1.807) is 12.2 Å². The summed E-state index contributed by atoms with van der Waals surface area (Å²) < 4.78 is 0. The van der Waals surface area contributed by atoms with E-state index < -0.39 is 34.9 Å². The largest absolute Gasteiger partial charge is 0.389 e. The van der Waals surface area contributed by atoms with Crippen LogP contribution in [0.2, 0.25) is 0 Å². The van der Waals surface area contributed by atoms with Crippen molar-refractivity contribution in [3.05, 3.63) is 34.9 Å². The fourth-order valence-electron chi connectivity index (χ4n) is 6.63. The van der Waals surface area contributed by atoms with Crippen molar-refractivity contribution in [2.24, 2.45) is 22.7 Å². The zero-order valence-corrected chi connectivity index (χ0v) is 16.2. The number of carbonyl (C=O) groups excluding carboxylic acids is 2. The number of carbonyl (C=O) groups is 2. The molecule has 0 aliphatic heterocycles. The summed E-state index contributed by atoms with van der Waals surface area (Å²) in [6.45, 7) is 5.10. The van der Waals surface area contributed by atoms with Crippen molar-refractivity contribution in [2.45, 2.75) is 58.2 Å². The van der Waals surface area contributed by atoms with Crippen molar-refractivity contribution in [3.8, 4) is 0 Å². The van der Waals surface area contributed by atoms with Crippen LogP contribution in [0.4, 0.5) is 0 Å². The van der Waals surface area contributed by atoms with Crippen molar-refractivity contribution in [1.29, 1.82) is 0 Å². The zero-order valence-electron chi connectivity index (χ0n) is 16.2. The summed E-state index contributed by atoms with van der Waals surface area (Å²) in [5.41, 5.74) is 0.178. The zero-order chi connectivity index (χ0) is 19.8. The Bertz CT molecular complexity index is 821. The van der Waals surface area contributed by atoms with Crippen LogP contribution >= 0.6 is 0 Å². The van der Waals surface area contributed by atoms with Crippen molar-refractivity contribution in [2.75, 3.05) is 6.61 Å². The molecule has 4 rings (SSSR count). The Morgan fingerprint density at radius 3 is 2.67 bits per heavy atom. The summed E-state index contributed by atoms with van der Waals surface area (Å²) in [5, 5.41) is 32.0. The Hall–Kier alpha value is -1.56. The Morgan fingerprint density at radius 2 is 2.00 bits per heavy atom. The summed E-state index contributed by atoms with van der Waals surface area (Å²) in [7, 11) is 0. The van der Waals surface area contributed by atoms with Crippen LogP contribution < -0.4 is 0 Å². The second kappa shape index (κ2) is 5.72. The van der Waals surface area contributed by atoms with Gasteiger partial charge < -0.3 is 15.3 Å². The average Bonchev–Trinajstić information content (AvgIpc) is 2.82. The minimum absolute atomic E-state index is 0.0148. The third-order valence-corrected chi connectivity index (χ3v) is 8.02. The Morgan fingerprint density at radius 1 is 1.30 bits per heavy atom. The molecule has 1 saturated carbocycles. The van der Waals surface area contributed by atoms with E-state index in [1.165, 1.54) is 0 Å². The lowest BCUT2D eigenvalue weighted by Crippen LogP contribution is -2.58. The lowest BCUT2D eigenvalue weighted by atomic mass is 9.52. The highest BCUT2D eigenvalue weighted by Crippen LogP contribution is 2.65. The van der Waals surface area contributed by atoms with E-state index in [4.69, 9.17) is 0 Å². The first-order valence-electron chi connectivity index (χ1n) is 9.82. The third-order valence-electron chi connectivity index (χ3n) is 8.02. The lowest BCUT2D eigenvalue weighted by Gasteiger charge is -2.53. The van der Waals surface area contributed by atoms with Gasteiger partial charge in [0.05, 0.1) is 6.10 Å². The summed E-state index contributed by atoms with van der Waals surface area (Å²) in [5.74, 6) is -0.878. The maximum atomic E-state index is 12.5. The first kappa shape index (κ1) is 18.8. The van der Waals surface area contributed by atoms with Crippen molar-refractivity contribution in [3.63, 3.8) is 0 Å². The second-order valence-electron chi connectivity index (χ2n) is 9.22. The van der Waals surface area contributed by atoms with Crippen molar-refractivity contribution < 1.29 is 24.9 Å². The van der Waals surface area contributed by atoms with Gasteiger partial charge in [0.25, 0.3) is 0 Å². The predicted octanol–water partition coefficient (Wildman–Crippen LogP) is 1.87. The van der Waals surface area contributed by atoms with Gasteiger partial charge in [0.1, 0.15) is 12.2 Å². The van der Waals surface area contributed by atoms with E-state index in [-0.39, 0.29) is 24.0 Å². The van der Waals surface area contributed by atoms with Crippen LogP contribution in [-0.2, 0) is 9.59 Å². The maximum absolute atomic E-state index is 12.5. The number of Topliss-reactive ketones (excluding diaryl/α,β-unsaturated/α-hetero) is 1. The van der Waals surface area contributed by atoms with E-state index in [9.17, 15) is 24.9 Å². The van der Waals surface area contributed by atoms with E-state index in [1.807, 2.05) is 26.8 Å². The quantitative estimate of drug-likeness (QED) is 0.643. The molecule has 6 atom stereocenters. The van der Waals surface area contributed by atoms with E-state index >= 15 is 0 Å². The van der Waals surface area contributed by atoms with Gasteiger partial charge in [0.2, 0.25) is 0 Å². The number of aliphatic hydroxyl groups is 3. The normalized spacial score (nSPS) is 45.9. The van der Waals surface area contributed by atoms with Crippen LogP contribution in [0.15, 0.2) is 34.9 Å². The molecule has 146 valence electrons. The minimum Gasteiger partial charge on any atom is -0.389 e. The van der Waals surface area contributed by atoms with Crippen LogP contribution in [0.25, 0.3) is 0 Å². The molecule has 0 aromatic heterocycles. The minimum atomic E-state index is -1.64. The van der Waals surface area contributed by atoms with Crippen LogP contribution in [0.1, 0.15) is 46.5 Å². The molecule has 0 saturated heterocycles. The smallest absolute Gasteiger partial charge is 0.190 e. The number of rotatable bonds is 2. The van der Waals surface area contributed by atoms with Gasteiger partial charge >= 0.3 is 0 Å². The molecule has 4 aliphatic rings. The Labute approximate surface area is 159 Å². The molecule has 0 radical (unpaired) electrons. The number of ketones is 2. The number of allylic oxidation sites excluding steroid dienone is 5. The topological polar surface area (TPSA) is 94.8 Å². The molecule has 5 heteroatoms. The van der Waals surface area contributed by atoms with Crippen LogP contribution in [-0.4, -0.2) is 45.2 Å². The van der Waals surface area contributed by atoms with E-state index in [0.29, 0.717) is 6.42 Å². The average molecular weight is 372 g/mol. The Balaban J connectivity index is 1.87. The summed E-state index contributed by atoms with van der Waals surface area (Å²) >= 11 is 0. The number of hydrogen-bond donors (Lipinski definition) is 3. The molecule has 27 heavy (non-hydrogen) atoms. The van der Waals surface area contributed by atoms with E-state index in [0.717, 1.165) is 29.6 Å². The molecule has 0 amide bonds. The summed E-state index contributed by atoms with van der Waals surface area (Å²) in [6, 6.07) is 0. The van der Waals surface area contributed by atoms with Crippen LogP contribution in [0.5, 0.6) is 0 Å². The maximum Gasteiger partial charge on any atom is 0.190 e. The van der Waals surface area contributed by atoms with Crippen LogP contribution in [0.3, 0.4) is 0 Å². The standard InChI is InChI=1S/C22H28O5/c1-12-8-16-15-5-4-13-9-14(24)6-7-20(13,2)19(15)17(25)10-21(16,3)22(12,27)18(26)11-23/h6-7,9,12,16-17,23,25,27H,4-5,8,10-11H2,1-3H3/t12-,16?,17-,20-,21-,22-/m0/s1. The third kappa shape index (κ3) is 2.16. The molecule has 0 bridgehead atoms. The first-order chi connectivity index (χ1) is 12.6. The van der Waals surface area contributed by atoms with Gasteiger partial charge in [-0.15, -0.1) is 0 Å². The Kier molecular flexibility index (Phi) is 3.98. The molecule has 0 spiro atoms. The van der Waals surface area contributed by atoms with Gasteiger partial charge in [-0.2, -0.15) is 0 Å². The highest BCUT2D eigenvalue weighted by Gasteiger charge is 2.67. The molecule has 1 fully saturated rings. The van der Waals surface area contributed by atoms with Gasteiger partial charge in [-0.3, -0.25) is 9.59 Å². The second-order valence-corrected chi connectivity index (χ2v) is 9.22. The molecule has 0 aromatic carbocycles.